The molecule has 1 aromatic heterocycles. The van der Waals surface area contributed by atoms with Gasteiger partial charge in [-0.15, -0.1) is 0 Å². The Labute approximate surface area is 225 Å². The number of morpholine rings is 1. The van der Waals surface area contributed by atoms with E-state index in [-0.39, 0.29) is 23.0 Å². The average molecular weight is 560 g/mol. The Morgan fingerprint density at radius 1 is 1.13 bits per heavy atom. The van der Waals surface area contributed by atoms with Crippen molar-refractivity contribution in [3.05, 3.63) is 80.2 Å². The van der Waals surface area contributed by atoms with Crippen LogP contribution in [0.5, 0.6) is 5.75 Å². The first-order valence-corrected chi connectivity index (χ1v) is 13.9. The van der Waals surface area contributed by atoms with Crippen LogP contribution in [0.3, 0.4) is 0 Å². The zero-order chi connectivity index (χ0) is 26.9. The molecule has 2 aliphatic rings. The summed E-state index contributed by atoms with van der Waals surface area (Å²) in [6.07, 6.45) is 0.882. The number of sulfonamides is 1. The number of halogens is 1. The van der Waals surface area contributed by atoms with Gasteiger partial charge in [0.15, 0.2) is 0 Å². The molecule has 200 valence electrons. The van der Waals surface area contributed by atoms with Crippen molar-refractivity contribution in [3.8, 4) is 5.75 Å². The highest BCUT2D eigenvalue weighted by Gasteiger charge is 2.34. The number of anilines is 1. The molecule has 0 unspecified atom stereocenters. The molecular weight excluding hydrogens is 534 g/mol. The third kappa shape index (κ3) is 5.30. The van der Waals surface area contributed by atoms with Crippen LogP contribution in [0, 0.1) is 10.1 Å². The average Bonchev–Trinajstić information content (AvgIpc) is 2.93. The lowest BCUT2D eigenvalue weighted by molar-refractivity contribution is -0.384. The number of benzene rings is 2. The Morgan fingerprint density at radius 3 is 2.66 bits per heavy atom. The van der Waals surface area contributed by atoms with Crippen LogP contribution in [0.15, 0.2) is 47.4 Å². The number of hydrogen-bond donors (Lipinski definition) is 0. The first kappa shape index (κ1) is 26.3. The smallest absolute Gasteiger partial charge is 0.289 e. The summed E-state index contributed by atoms with van der Waals surface area (Å²) >= 11 is 5.90. The molecule has 1 saturated heterocycles. The van der Waals surface area contributed by atoms with E-state index in [1.54, 1.807) is 7.11 Å². The van der Waals surface area contributed by atoms with Gasteiger partial charge >= 0.3 is 0 Å². The largest absolute Gasteiger partial charge is 0.497 e. The van der Waals surface area contributed by atoms with Gasteiger partial charge in [-0.05, 0) is 29.8 Å². The summed E-state index contributed by atoms with van der Waals surface area (Å²) in [5.74, 6) is 2.08. The SMILES string of the molecule is COc1cccc(Cc2nc3c(c(N4CCOCC4)n2)CN(S(=O)(=O)c2ccc(Cl)c([N+](=O)[O-])c2)CC3)c1. The summed E-state index contributed by atoms with van der Waals surface area (Å²) < 4.78 is 39.2. The van der Waals surface area contributed by atoms with Crippen molar-refractivity contribution in [3.63, 3.8) is 0 Å². The van der Waals surface area contributed by atoms with Crippen LogP contribution in [0.2, 0.25) is 5.02 Å². The van der Waals surface area contributed by atoms with Crippen LogP contribution in [-0.2, 0) is 34.1 Å². The summed E-state index contributed by atoms with van der Waals surface area (Å²) in [5.41, 5.74) is 2.08. The number of rotatable bonds is 7. The number of aromatic nitrogens is 2. The normalized spacial score (nSPS) is 16.2. The Bertz CT molecular complexity index is 1480. The van der Waals surface area contributed by atoms with Crippen LogP contribution in [0.25, 0.3) is 0 Å². The Balaban J connectivity index is 1.50. The number of methoxy groups -OCH3 is 1. The summed E-state index contributed by atoms with van der Waals surface area (Å²) in [4.78, 5) is 22.3. The maximum Gasteiger partial charge on any atom is 0.289 e. The Hall–Kier alpha value is -3.32. The minimum atomic E-state index is -4.03. The van der Waals surface area contributed by atoms with E-state index >= 15 is 0 Å². The van der Waals surface area contributed by atoms with Gasteiger partial charge in [0.1, 0.15) is 22.4 Å². The minimum Gasteiger partial charge on any atom is -0.497 e. The summed E-state index contributed by atoms with van der Waals surface area (Å²) in [6, 6.07) is 11.2. The highest BCUT2D eigenvalue weighted by Crippen LogP contribution is 2.33. The molecule has 0 saturated carbocycles. The maximum atomic E-state index is 13.5. The van der Waals surface area contributed by atoms with Crippen molar-refractivity contribution in [1.29, 1.82) is 0 Å². The number of ether oxygens (including phenoxy) is 2. The van der Waals surface area contributed by atoms with Crippen LogP contribution in [-0.4, -0.2) is 67.6 Å². The molecule has 2 aliphatic heterocycles. The molecule has 38 heavy (non-hydrogen) atoms. The standard InChI is InChI=1S/C25H26ClN5O6S/c1-36-18-4-2-3-17(13-18)14-24-27-22-7-8-30(16-20(22)25(28-24)29-9-11-37-12-10-29)38(34,35)19-5-6-21(26)23(15-19)31(32)33/h2-6,13,15H,7-12,14,16H2,1H3. The summed E-state index contributed by atoms with van der Waals surface area (Å²) in [6.45, 7) is 2.57. The molecule has 0 spiro atoms. The fourth-order valence-electron chi connectivity index (χ4n) is 4.65. The number of hydrogen-bond acceptors (Lipinski definition) is 9. The van der Waals surface area contributed by atoms with E-state index in [1.807, 2.05) is 24.3 Å². The molecule has 0 amide bonds. The second kappa shape index (κ2) is 10.8. The molecule has 1 fully saturated rings. The third-order valence-electron chi connectivity index (χ3n) is 6.61. The van der Waals surface area contributed by atoms with Gasteiger partial charge in [-0.2, -0.15) is 4.31 Å². The van der Waals surface area contributed by atoms with Gasteiger partial charge < -0.3 is 14.4 Å². The van der Waals surface area contributed by atoms with E-state index in [9.17, 15) is 18.5 Å². The van der Waals surface area contributed by atoms with E-state index in [0.29, 0.717) is 50.8 Å². The second-order valence-corrected chi connectivity index (χ2v) is 11.3. The summed E-state index contributed by atoms with van der Waals surface area (Å²) in [5, 5.41) is 11.2. The maximum absolute atomic E-state index is 13.5. The molecular formula is C25H26ClN5O6S. The molecule has 13 heteroatoms. The van der Waals surface area contributed by atoms with Gasteiger partial charge in [-0.25, -0.2) is 18.4 Å². The minimum absolute atomic E-state index is 0.0558. The first-order chi connectivity index (χ1) is 18.3. The second-order valence-electron chi connectivity index (χ2n) is 8.98. The van der Waals surface area contributed by atoms with Crippen molar-refractivity contribution in [2.45, 2.75) is 24.3 Å². The fourth-order valence-corrected chi connectivity index (χ4v) is 6.27. The Kier molecular flexibility index (Phi) is 7.48. The topological polar surface area (TPSA) is 128 Å². The molecule has 0 aliphatic carbocycles. The predicted octanol–water partition coefficient (Wildman–Crippen LogP) is 3.22. The number of nitrogens with zero attached hydrogens (tertiary/aromatic N) is 5. The predicted molar refractivity (Wildman–Crippen MR) is 140 cm³/mol. The quantitative estimate of drug-likeness (QED) is 0.316. The van der Waals surface area contributed by atoms with Crippen LogP contribution >= 0.6 is 11.6 Å². The van der Waals surface area contributed by atoms with Gasteiger partial charge in [0.25, 0.3) is 5.69 Å². The van der Waals surface area contributed by atoms with E-state index in [4.69, 9.17) is 31.0 Å². The van der Waals surface area contributed by atoms with Gasteiger partial charge in [-0.1, -0.05) is 23.7 Å². The van der Waals surface area contributed by atoms with E-state index < -0.39 is 20.6 Å². The monoisotopic (exact) mass is 559 g/mol. The van der Waals surface area contributed by atoms with Crippen molar-refractivity contribution < 1.29 is 22.8 Å². The molecule has 0 radical (unpaired) electrons. The van der Waals surface area contributed by atoms with Gasteiger partial charge in [0, 0.05) is 50.7 Å². The molecule has 3 heterocycles. The third-order valence-corrected chi connectivity index (χ3v) is 8.77. The van der Waals surface area contributed by atoms with E-state index in [1.165, 1.54) is 16.4 Å². The van der Waals surface area contributed by atoms with Gasteiger partial charge in [-0.3, -0.25) is 10.1 Å². The van der Waals surface area contributed by atoms with Crippen molar-refractivity contribution >= 4 is 33.1 Å². The first-order valence-electron chi connectivity index (χ1n) is 12.0. The molecule has 5 rings (SSSR count). The van der Waals surface area contributed by atoms with E-state index in [0.717, 1.165) is 28.6 Å². The zero-order valence-corrected chi connectivity index (χ0v) is 22.2. The molecule has 0 atom stereocenters. The fraction of sp³-hybridized carbons (Fsp3) is 0.360. The Morgan fingerprint density at radius 2 is 1.92 bits per heavy atom. The lowest BCUT2D eigenvalue weighted by atomic mass is 10.1. The van der Waals surface area contributed by atoms with Gasteiger partial charge in [0.2, 0.25) is 10.0 Å². The molecule has 3 aromatic rings. The molecule has 11 nitrogen and oxygen atoms in total. The highest BCUT2D eigenvalue weighted by molar-refractivity contribution is 7.89. The lowest BCUT2D eigenvalue weighted by Crippen LogP contribution is -2.41. The molecule has 2 aromatic carbocycles. The lowest BCUT2D eigenvalue weighted by Gasteiger charge is -2.34. The van der Waals surface area contributed by atoms with Crippen molar-refractivity contribution in [2.75, 3.05) is 44.9 Å². The number of nitro benzene ring substituents is 1. The molecule has 0 bridgehead atoms. The zero-order valence-electron chi connectivity index (χ0n) is 20.7. The molecule has 0 N–H and O–H groups in total. The van der Waals surface area contributed by atoms with Crippen LogP contribution in [0.1, 0.15) is 22.6 Å². The van der Waals surface area contributed by atoms with Crippen molar-refractivity contribution in [2.24, 2.45) is 0 Å². The van der Waals surface area contributed by atoms with Crippen LogP contribution in [0.4, 0.5) is 11.5 Å². The number of fused-ring (bicyclic) bond motifs is 1. The highest BCUT2D eigenvalue weighted by atomic mass is 35.5. The van der Waals surface area contributed by atoms with E-state index in [2.05, 4.69) is 4.90 Å². The summed E-state index contributed by atoms with van der Waals surface area (Å²) in [7, 11) is -2.42. The number of nitro groups is 1. The van der Waals surface area contributed by atoms with Crippen molar-refractivity contribution in [1.82, 2.24) is 14.3 Å². The van der Waals surface area contributed by atoms with Gasteiger partial charge in [0.05, 0.1) is 35.8 Å². The van der Waals surface area contributed by atoms with Crippen LogP contribution < -0.4 is 9.64 Å².